The second-order valence-corrected chi connectivity index (χ2v) is 12.6. The number of ketones is 1. The van der Waals surface area contributed by atoms with Crippen molar-refractivity contribution >= 4 is 23.7 Å². The first-order valence-corrected chi connectivity index (χ1v) is 13.9. The topological polar surface area (TPSA) is 96.0 Å². The first-order chi connectivity index (χ1) is 16.9. The van der Waals surface area contributed by atoms with E-state index in [1.807, 2.05) is 0 Å². The van der Waals surface area contributed by atoms with Gasteiger partial charge in [0.1, 0.15) is 18.0 Å². The number of ether oxygens (including phenoxy) is 3. The minimum absolute atomic E-state index is 0.0382. The quantitative estimate of drug-likeness (QED) is 0.375. The van der Waals surface area contributed by atoms with Gasteiger partial charge < -0.3 is 14.2 Å². The van der Waals surface area contributed by atoms with Gasteiger partial charge in [0.25, 0.3) is 0 Å². The standard InChI is InChI=1S/C29H44O7/c1-16(7-10-26(33)34-6)21-8-9-22-27-23(15-25(32)29(21,22)5)28(4)12-11-20(35-17(2)30)13-19(28)14-24(27)36-18(3)31/h16,19-24,27H,7-15H2,1-6H3. The van der Waals surface area contributed by atoms with Gasteiger partial charge in [-0.3, -0.25) is 19.2 Å². The fourth-order valence-electron chi connectivity index (χ4n) is 9.14. The molecule has 202 valence electrons. The normalized spacial score (nSPS) is 42.4. The molecule has 0 amide bonds. The number of carbonyl (C=O) groups is 4. The number of methoxy groups -OCH3 is 1. The zero-order chi connectivity index (χ0) is 26.4. The van der Waals surface area contributed by atoms with Crippen LogP contribution in [0.1, 0.15) is 92.4 Å². The largest absolute Gasteiger partial charge is 0.469 e. The molecule has 0 aliphatic heterocycles. The van der Waals surface area contributed by atoms with Crippen molar-refractivity contribution in [1.82, 2.24) is 0 Å². The van der Waals surface area contributed by atoms with Crippen LogP contribution in [0.2, 0.25) is 0 Å². The second kappa shape index (κ2) is 10.1. The number of Topliss-reactive ketones (excluding diaryl/α,β-unsaturated/α-hetero) is 1. The molecule has 0 heterocycles. The van der Waals surface area contributed by atoms with Crippen molar-refractivity contribution in [3.63, 3.8) is 0 Å². The zero-order valence-corrected chi connectivity index (χ0v) is 22.8. The fourth-order valence-corrected chi connectivity index (χ4v) is 9.14. The molecule has 0 N–H and O–H groups in total. The minimum Gasteiger partial charge on any atom is -0.469 e. The predicted molar refractivity (Wildman–Crippen MR) is 133 cm³/mol. The summed E-state index contributed by atoms with van der Waals surface area (Å²) in [5.41, 5.74) is -0.503. The molecule has 0 bridgehead atoms. The molecule has 0 radical (unpaired) electrons. The summed E-state index contributed by atoms with van der Waals surface area (Å²) in [6.45, 7) is 9.57. The van der Waals surface area contributed by atoms with E-state index >= 15 is 0 Å². The van der Waals surface area contributed by atoms with Crippen molar-refractivity contribution in [2.75, 3.05) is 7.11 Å². The van der Waals surface area contributed by atoms with E-state index in [1.165, 1.54) is 21.0 Å². The third kappa shape index (κ3) is 4.60. The zero-order valence-electron chi connectivity index (χ0n) is 22.8. The SMILES string of the molecule is COC(=O)CCC(C)C1CCC2C3C(OC(C)=O)CC4CC(OC(C)=O)CCC4(C)C3CC(=O)C12C. The molecule has 10 unspecified atom stereocenters. The van der Waals surface area contributed by atoms with Crippen molar-refractivity contribution in [3.8, 4) is 0 Å². The molecule has 4 rings (SSSR count). The van der Waals surface area contributed by atoms with Gasteiger partial charge in [0, 0.05) is 38.0 Å². The van der Waals surface area contributed by atoms with Crippen molar-refractivity contribution in [3.05, 3.63) is 0 Å². The van der Waals surface area contributed by atoms with E-state index in [1.54, 1.807) is 0 Å². The molecule has 4 aliphatic rings. The third-order valence-electron chi connectivity index (χ3n) is 10.9. The van der Waals surface area contributed by atoms with Gasteiger partial charge in [0.2, 0.25) is 0 Å². The summed E-state index contributed by atoms with van der Waals surface area (Å²) in [6, 6.07) is 0. The number of rotatable bonds is 6. The van der Waals surface area contributed by atoms with Gasteiger partial charge in [-0.25, -0.2) is 0 Å². The highest BCUT2D eigenvalue weighted by atomic mass is 16.5. The molecule has 36 heavy (non-hydrogen) atoms. The summed E-state index contributed by atoms with van der Waals surface area (Å²) in [6.07, 6.45) is 6.44. The van der Waals surface area contributed by atoms with Gasteiger partial charge in [0.05, 0.1) is 7.11 Å². The van der Waals surface area contributed by atoms with Crippen LogP contribution < -0.4 is 0 Å². The molecule has 7 nitrogen and oxygen atoms in total. The van der Waals surface area contributed by atoms with E-state index in [-0.39, 0.29) is 71.0 Å². The van der Waals surface area contributed by atoms with E-state index in [0.29, 0.717) is 25.0 Å². The summed E-state index contributed by atoms with van der Waals surface area (Å²) in [5, 5.41) is 0. The maximum absolute atomic E-state index is 14.0. The smallest absolute Gasteiger partial charge is 0.305 e. The number of hydrogen-bond donors (Lipinski definition) is 0. The van der Waals surface area contributed by atoms with E-state index < -0.39 is 5.41 Å². The van der Waals surface area contributed by atoms with Crippen molar-refractivity contribution in [2.45, 2.75) is 105 Å². The van der Waals surface area contributed by atoms with E-state index in [0.717, 1.165) is 38.5 Å². The van der Waals surface area contributed by atoms with E-state index in [2.05, 4.69) is 20.8 Å². The highest BCUT2D eigenvalue weighted by Gasteiger charge is 2.66. The summed E-state index contributed by atoms with van der Waals surface area (Å²) in [7, 11) is 1.41. The predicted octanol–water partition coefficient (Wildman–Crippen LogP) is 4.89. The van der Waals surface area contributed by atoms with E-state index in [4.69, 9.17) is 14.2 Å². The van der Waals surface area contributed by atoms with Crippen LogP contribution in [0.15, 0.2) is 0 Å². The van der Waals surface area contributed by atoms with Gasteiger partial charge in [-0.15, -0.1) is 0 Å². The molecule has 0 aromatic rings. The Balaban J connectivity index is 1.62. The van der Waals surface area contributed by atoms with Gasteiger partial charge in [-0.05, 0) is 80.0 Å². The Bertz CT molecular complexity index is 898. The summed E-state index contributed by atoms with van der Waals surface area (Å²) in [4.78, 5) is 49.7. The van der Waals surface area contributed by atoms with Crippen LogP contribution in [0, 0.1) is 46.3 Å². The van der Waals surface area contributed by atoms with Crippen LogP contribution >= 0.6 is 0 Å². The summed E-state index contributed by atoms with van der Waals surface area (Å²) in [5.74, 6) is 0.785. The van der Waals surface area contributed by atoms with Crippen LogP contribution in [0.4, 0.5) is 0 Å². The van der Waals surface area contributed by atoms with Crippen LogP contribution in [0.5, 0.6) is 0 Å². The van der Waals surface area contributed by atoms with Crippen LogP contribution in [-0.2, 0) is 33.4 Å². The summed E-state index contributed by atoms with van der Waals surface area (Å²) >= 11 is 0. The third-order valence-corrected chi connectivity index (χ3v) is 10.9. The lowest BCUT2D eigenvalue weighted by Crippen LogP contribution is -2.62. The second-order valence-electron chi connectivity index (χ2n) is 12.6. The van der Waals surface area contributed by atoms with E-state index in [9.17, 15) is 19.2 Å². The first kappa shape index (κ1) is 27.1. The number of esters is 3. The molecular formula is C29H44O7. The molecule has 4 aliphatic carbocycles. The molecule has 0 spiro atoms. The molecular weight excluding hydrogens is 460 g/mol. The molecule has 4 saturated carbocycles. The Morgan fingerprint density at radius 1 is 1.00 bits per heavy atom. The fraction of sp³-hybridized carbons (Fsp3) is 0.862. The highest BCUT2D eigenvalue weighted by Crippen LogP contribution is 2.67. The minimum atomic E-state index is -0.465. The Morgan fingerprint density at radius 2 is 1.69 bits per heavy atom. The van der Waals surface area contributed by atoms with Crippen LogP contribution in [0.3, 0.4) is 0 Å². The summed E-state index contributed by atoms with van der Waals surface area (Å²) < 4.78 is 16.5. The average Bonchev–Trinajstić information content (AvgIpc) is 3.16. The Labute approximate surface area is 215 Å². The van der Waals surface area contributed by atoms with Gasteiger partial charge in [0.15, 0.2) is 0 Å². The van der Waals surface area contributed by atoms with Crippen molar-refractivity contribution in [1.29, 1.82) is 0 Å². The van der Waals surface area contributed by atoms with Crippen molar-refractivity contribution in [2.24, 2.45) is 46.3 Å². The lowest BCUT2D eigenvalue weighted by Gasteiger charge is -2.62. The molecule has 4 fully saturated rings. The Hall–Kier alpha value is -1.92. The lowest BCUT2D eigenvalue weighted by atomic mass is 9.43. The molecule has 7 heteroatoms. The molecule has 0 aromatic heterocycles. The number of fused-ring (bicyclic) bond motifs is 5. The van der Waals surface area contributed by atoms with Gasteiger partial charge in [-0.2, -0.15) is 0 Å². The van der Waals surface area contributed by atoms with Crippen LogP contribution in [0.25, 0.3) is 0 Å². The number of hydrogen-bond acceptors (Lipinski definition) is 7. The Kier molecular flexibility index (Phi) is 7.60. The highest BCUT2D eigenvalue weighted by molar-refractivity contribution is 5.87. The van der Waals surface area contributed by atoms with Crippen molar-refractivity contribution < 1.29 is 33.4 Å². The first-order valence-electron chi connectivity index (χ1n) is 13.9. The molecule has 0 saturated heterocycles. The average molecular weight is 505 g/mol. The van der Waals surface area contributed by atoms with Gasteiger partial charge in [-0.1, -0.05) is 20.8 Å². The molecule has 10 atom stereocenters. The maximum atomic E-state index is 14.0. The number of carbonyl (C=O) groups excluding carboxylic acids is 4. The Morgan fingerprint density at radius 3 is 2.33 bits per heavy atom. The monoisotopic (exact) mass is 504 g/mol. The van der Waals surface area contributed by atoms with Gasteiger partial charge >= 0.3 is 17.9 Å². The van der Waals surface area contributed by atoms with Crippen LogP contribution in [-0.4, -0.2) is 43.0 Å². The lowest BCUT2D eigenvalue weighted by molar-refractivity contribution is -0.196. The maximum Gasteiger partial charge on any atom is 0.305 e. The molecule has 0 aromatic carbocycles.